The normalized spacial score (nSPS) is 23.0. The third-order valence-electron chi connectivity index (χ3n) is 5.14. The number of carbonyl (C=O) groups excluding carboxylic acids is 2. The summed E-state index contributed by atoms with van der Waals surface area (Å²) in [4.78, 5) is 27.3. The third kappa shape index (κ3) is 5.08. The number of nitrogens with one attached hydrogen (secondary N) is 2. The van der Waals surface area contributed by atoms with Gasteiger partial charge in [0.2, 0.25) is 11.8 Å². The molecule has 2 rings (SSSR count). The summed E-state index contributed by atoms with van der Waals surface area (Å²) in [6, 6.07) is 0.282. The van der Waals surface area contributed by atoms with Gasteiger partial charge in [0.25, 0.3) is 0 Å². The first kappa shape index (κ1) is 20.2. The molecule has 1 atom stereocenters. The molecule has 2 amide bonds. The van der Waals surface area contributed by atoms with Gasteiger partial charge in [-0.25, -0.2) is 0 Å². The van der Waals surface area contributed by atoms with Crippen LogP contribution in [0.25, 0.3) is 0 Å². The van der Waals surface area contributed by atoms with Gasteiger partial charge in [0.05, 0.1) is 0 Å². The van der Waals surface area contributed by atoms with Crippen molar-refractivity contribution in [2.24, 2.45) is 0 Å². The van der Waals surface area contributed by atoms with Crippen molar-refractivity contribution in [2.45, 2.75) is 76.8 Å². The molecule has 0 bridgehead atoms. The van der Waals surface area contributed by atoms with Gasteiger partial charge in [0.15, 0.2) is 0 Å². The highest BCUT2D eigenvalue weighted by molar-refractivity contribution is 5.91. The number of halogens is 1. The first-order valence-corrected chi connectivity index (χ1v) is 8.95. The zero-order valence-electron chi connectivity index (χ0n) is 14.5. The van der Waals surface area contributed by atoms with Crippen molar-refractivity contribution < 1.29 is 9.59 Å². The SMILES string of the molecule is CCN(CC)C(=O)C1(NC(=O)CC2CCCN2)CCCCC1.Cl. The fourth-order valence-electron chi connectivity index (χ4n) is 3.83. The van der Waals surface area contributed by atoms with Crippen LogP contribution in [-0.4, -0.2) is 47.9 Å². The molecule has 1 aliphatic carbocycles. The summed E-state index contributed by atoms with van der Waals surface area (Å²) in [7, 11) is 0. The summed E-state index contributed by atoms with van der Waals surface area (Å²) >= 11 is 0. The van der Waals surface area contributed by atoms with Gasteiger partial charge in [0, 0.05) is 25.6 Å². The quantitative estimate of drug-likeness (QED) is 0.776. The van der Waals surface area contributed by atoms with Gasteiger partial charge >= 0.3 is 0 Å². The summed E-state index contributed by atoms with van der Waals surface area (Å²) in [5.41, 5.74) is -0.653. The predicted molar refractivity (Wildman–Crippen MR) is 94.8 cm³/mol. The highest BCUT2D eigenvalue weighted by atomic mass is 35.5. The van der Waals surface area contributed by atoms with Crippen LogP contribution in [0.1, 0.15) is 65.2 Å². The van der Waals surface area contributed by atoms with Gasteiger partial charge in [-0.05, 0) is 46.1 Å². The minimum absolute atomic E-state index is 0. The maximum absolute atomic E-state index is 13.0. The van der Waals surface area contributed by atoms with Crippen molar-refractivity contribution in [3.05, 3.63) is 0 Å². The first-order chi connectivity index (χ1) is 10.6. The van der Waals surface area contributed by atoms with Gasteiger partial charge < -0.3 is 15.5 Å². The van der Waals surface area contributed by atoms with E-state index in [9.17, 15) is 9.59 Å². The topological polar surface area (TPSA) is 61.4 Å². The number of amides is 2. The number of likely N-dealkylation sites (N-methyl/N-ethyl adjacent to an activating group) is 1. The maximum atomic E-state index is 13.0. The Labute approximate surface area is 146 Å². The minimum Gasteiger partial charge on any atom is -0.342 e. The Kier molecular flexibility index (Phi) is 8.34. The van der Waals surface area contributed by atoms with Crippen LogP contribution in [0, 0.1) is 0 Å². The van der Waals surface area contributed by atoms with Crippen LogP contribution in [0.4, 0.5) is 0 Å². The number of nitrogens with zero attached hydrogens (tertiary/aromatic N) is 1. The summed E-state index contributed by atoms with van der Waals surface area (Å²) in [5.74, 6) is 0.145. The molecule has 134 valence electrons. The largest absolute Gasteiger partial charge is 0.342 e. The van der Waals surface area contributed by atoms with Gasteiger partial charge in [-0.3, -0.25) is 9.59 Å². The van der Waals surface area contributed by atoms with Crippen molar-refractivity contribution in [2.75, 3.05) is 19.6 Å². The maximum Gasteiger partial charge on any atom is 0.248 e. The van der Waals surface area contributed by atoms with E-state index in [1.807, 2.05) is 18.7 Å². The molecule has 0 radical (unpaired) electrons. The molecule has 2 aliphatic rings. The van der Waals surface area contributed by atoms with E-state index in [4.69, 9.17) is 0 Å². The highest BCUT2D eigenvalue weighted by Gasteiger charge is 2.42. The van der Waals surface area contributed by atoms with E-state index in [0.29, 0.717) is 19.5 Å². The Hall–Kier alpha value is -0.810. The lowest BCUT2D eigenvalue weighted by atomic mass is 9.80. The lowest BCUT2D eigenvalue weighted by Gasteiger charge is -2.40. The molecule has 0 spiro atoms. The van der Waals surface area contributed by atoms with Crippen molar-refractivity contribution in [3.63, 3.8) is 0 Å². The molecule has 5 nitrogen and oxygen atoms in total. The van der Waals surface area contributed by atoms with E-state index in [-0.39, 0.29) is 30.3 Å². The Morgan fingerprint density at radius 3 is 2.30 bits per heavy atom. The van der Waals surface area contributed by atoms with E-state index < -0.39 is 5.54 Å². The molecule has 0 aromatic carbocycles. The van der Waals surface area contributed by atoms with Gasteiger partial charge in [-0.1, -0.05) is 19.3 Å². The molecule has 1 aliphatic heterocycles. The van der Waals surface area contributed by atoms with Crippen LogP contribution < -0.4 is 10.6 Å². The van der Waals surface area contributed by atoms with Gasteiger partial charge in [-0.15, -0.1) is 12.4 Å². The average Bonchev–Trinajstić information content (AvgIpc) is 3.02. The van der Waals surface area contributed by atoms with Crippen LogP contribution in [0.3, 0.4) is 0 Å². The fourth-order valence-corrected chi connectivity index (χ4v) is 3.83. The molecular weight excluding hydrogens is 314 g/mol. The summed E-state index contributed by atoms with van der Waals surface area (Å²) < 4.78 is 0. The lowest BCUT2D eigenvalue weighted by molar-refractivity contribution is -0.143. The molecule has 0 aromatic rings. The average molecular weight is 346 g/mol. The first-order valence-electron chi connectivity index (χ1n) is 8.95. The summed E-state index contributed by atoms with van der Waals surface area (Å²) in [5, 5.41) is 6.49. The Balaban J connectivity index is 0.00000264. The summed E-state index contributed by atoms with van der Waals surface area (Å²) in [6.45, 7) is 6.42. The Morgan fingerprint density at radius 2 is 1.78 bits per heavy atom. The smallest absolute Gasteiger partial charge is 0.248 e. The van der Waals surface area contributed by atoms with Crippen LogP contribution in [0.2, 0.25) is 0 Å². The second-order valence-corrected chi connectivity index (χ2v) is 6.67. The van der Waals surface area contributed by atoms with E-state index >= 15 is 0 Å². The van der Waals surface area contributed by atoms with Crippen LogP contribution >= 0.6 is 12.4 Å². The van der Waals surface area contributed by atoms with Crippen molar-refractivity contribution in [1.82, 2.24) is 15.5 Å². The second-order valence-electron chi connectivity index (χ2n) is 6.67. The van der Waals surface area contributed by atoms with E-state index in [1.165, 1.54) is 0 Å². The van der Waals surface area contributed by atoms with E-state index in [1.54, 1.807) is 0 Å². The highest BCUT2D eigenvalue weighted by Crippen LogP contribution is 2.30. The zero-order valence-corrected chi connectivity index (χ0v) is 15.3. The molecule has 23 heavy (non-hydrogen) atoms. The van der Waals surface area contributed by atoms with Gasteiger partial charge in [0.1, 0.15) is 5.54 Å². The van der Waals surface area contributed by atoms with Gasteiger partial charge in [-0.2, -0.15) is 0 Å². The molecule has 1 saturated heterocycles. The van der Waals surface area contributed by atoms with Crippen molar-refractivity contribution in [3.8, 4) is 0 Å². The second kappa shape index (κ2) is 9.48. The molecular formula is C17H32ClN3O2. The molecule has 2 N–H and O–H groups in total. The molecule has 1 unspecified atom stereocenters. The lowest BCUT2D eigenvalue weighted by Crippen LogP contribution is -2.61. The van der Waals surface area contributed by atoms with Crippen molar-refractivity contribution in [1.29, 1.82) is 0 Å². The summed E-state index contributed by atoms with van der Waals surface area (Å²) in [6.07, 6.45) is 7.47. The number of hydrogen-bond acceptors (Lipinski definition) is 3. The zero-order chi connectivity index (χ0) is 16.0. The van der Waals surface area contributed by atoms with Crippen LogP contribution in [-0.2, 0) is 9.59 Å². The predicted octanol–water partition coefficient (Wildman–Crippen LogP) is 2.24. The molecule has 1 heterocycles. The third-order valence-corrected chi connectivity index (χ3v) is 5.14. The number of rotatable bonds is 6. The monoisotopic (exact) mass is 345 g/mol. The minimum atomic E-state index is -0.653. The fraction of sp³-hybridized carbons (Fsp3) is 0.882. The number of hydrogen-bond donors (Lipinski definition) is 2. The number of carbonyl (C=O) groups is 2. The Bertz CT molecular complexity index is 387. The molecule has 0 aromatic heterocycles. The molecule has 6 heteroatoms. The molecule has 1 saturated carbocycles. The van der Waals surface area contributed by atoms with E-state index in [2.05, 4.69) is 10.6 Å². The Morgan fingerprint density at radius 1 is 1.13 bits per heavy atom. The van der Waals surface area contributed by atoms with E-state index in [0.717, 1.165) is 51.5 Å². The van der Waals surface area contributed by atoms with Crippen LogP contribution in [0.15, 0.2) is 0 Å². The van der Waals surface area contributed by atoms with Crippen molar-refractivity contribution >= 4 is 24.2 Å². The van der Waals surface area contributed by atoms with Crippen LogP contribution in [0.5, 0.6) is 0 Å². The molecule has 2 fully saturated rings. The standard InChI is InChI=1S/C17H31N3O2.ClH/c1-3-20(4-2)16(22)17(10-6-5-7-11-17)19-15(21)13-14-9-8-12-18-14;/h14,18H,3-13H2,1-2H3,(H,19,21);1H.